The zero-order chi connectivity index (χ0) is 15.4. The van der Waals surface area contributed by atoms with E-state index in [1.807, 2.05) is 37.3 Å². The standard InChI is InChI=1S/C14H14N4OS3/c1-9(21-14-15-7-8-20-14)11(19)16-13-18-17-12(22-13)10-5-3-2-4-6-10/h2-6,9H,7-8H2,1H3,(H,16,18,19). The fourth-order valence-corrected chi connectivity index (χ4v) is 4.65. The fourth-order valence-electron chi connectivity index (χ4n) is 1.77. The number of rotatable bonds is 4. The van der Waals surface area contributed by atoms with Gasteiger partial charge in [-0.05, 0) is 6.92 Å². The second-order valence-electron chi connectivity index (χ2n) is 4.52. The van der Waals surface area contributed by atoms with E-state index >= 15 is 0 Å². The summed E-state index contributed by atoms with van der Waals surface area (Å²) in [5, 5.41) is 12.1. The second kappa shape index (κ2) is 7.26. The molecular formula is C14H14N4OS3. The summed E-state index contributed by atoms with van der Waals surface area (Å²) in [5.74, 6) is 0.934. The van der Waals surface area contributed by atoms with Crippen molar-refractivity contribution in [1.82, 2.24) is 10.2 Å². The number of benzene rings is 1. The number of carbonyl (C=O) groups is 1. The molecule has 1 aromatic carbocycles. The van der Waals surface area contributed by atoms with E-state index in [9.17, 15) is 4.79 Å². The van der Waals surface area contributed by atoms with Crippen LogP contribution in [0.25, 0.3) is 10.6 Å². The number of nitrogens with one attached hydrogen (secondary N) is 1. The maximum Gasteiger partial charge on any atom is 0.239 e. The molecule has 2 aromatic rings. The van der Waals surface area contributed by atoms with Crippen LogP contribution in [0.5, 0.6) is 0 Å². The Morgan fingerprint density at radius 1 is 1.32 bits per heavy atom. The molecule has 0 saturated heterocycles. The molecule has 0 fully saturated rings. The van der Waals surface area contributed by atoms with Crippen LogP contribution in [0.15, 0.2) is 35.3 Å². The Kier molecular flexibility index (Phi) is 5.12. The van der Waals surface area contributed by atoms with Crippen LogP contribution in [0.2, 0.25) is 0 Å². The predicted octanol–water partition coefficient (Wildman–Crippen LogP) is 3.37. The minimum Gasteiger partial charge on any atom is -0.300 e. The molecule has 5 nitrogen and oxygen atoms in total. The monoisotopic (exact) mass is 350 g/mol. The van der Waals surface area contributed by atoms with Crippen LogP contribution in [0.4, 0.5) is 5.13 Å². The van der Waals surface area contributed by atoms with E-state index in [-0.39, 0.29) is 11.2 Å². The van der Waals surface area contributed by atoms with Crippen molar-refractivity contribution in [3.8, 4) is 10.6 Å². The third kappa shape index (κ3) is 3.88. The Morgan fingerprint density at radius 3 is 2.86 bits per heavy atom. The zero-order valence-corrected chi connectivity index (χ0v) is 14.3. The Morgan fingerprint density at radius 2 is 2.14 bits per heavy atom. The van der Waals surface area contributed by atoms with Crippen LogP contribution in [0, 0.1) is 0 Å². The summed E-state index contributed by atoms with van der Waals surface area (Å²) in [5.41, 5.74) is 1.000. The van der Waals surface area contributed by atoms with Crippen molar-refractivity contribution in [2.45, 2.75) is 12.2 Å². The molecular weight excluding hydrogens is 336 g/mol. The van der Waals surface area contributed by atoms with Crippen molar-refractivity contribution >= 4 is 50.3 Å². The summed E-state index contributed by atoms with van der Waals surface area (Å²) in [6, 6.07) is 9.80. The summed E-state index contributed by atoms with van der Waals surface area (Å²) in [6.07, 6.45) is 0. The highest BCUT2D eigenvalue weighted by atomic mass is 32.2. The van der Waals surface area contributed by atoms with Gasteiger partial charge < -0.3 is 0 Å². The molecule has 0 spiro atoms. The van der Waals surface area contributed by atoms with Crippen LogP contribution in [-0.2, 0) is 4.79 Å². The first kappa shape index (κ1) is 15.5. The molecule has 1 N–H and O–H groups in total. The molecule has 0 radical (unpaired) electrons. The lowest BCUT2D eigenvalue weighted by Crippen LogP contribution is -2.23. The molecule has 1 atom stereocenters. The average molecular weight is 350 g/mol. The van der Waals surface area contributed by atoms with Gasteiger partial charge in [-0.2, -0.15) is 0 Å². The van der Waals surface area contributed by atoms with E-state index in [4.69, 9.17) is 0 Å². The Labute approximate surface area is 141 Å². The van der Waals surface area contributed by atoms with Gasteiger partial charge in [0.1, 0.15) is 9.38 Å². The first-order chi connectivity index (χ1) is 10.7. The highest BCUT2D eigenvalue weighted by Crippen LogP contribution is 2.28. The summed E-state index contributed by atoms with van der Waals surface area (Å²) < 4.78 is 0.991. The van der Waals surface area contributed by atoms with Gasteiger partial charge in [-0.3, -0.25) is 15.1 Å². The van der Waals surface area contributed by atoms with Crippen molar-refractivity contribution in [1.29, 1.82) is 0 Å². The molecule has 1 unspecified atom stereocenters. The molecule has 0 aliphatic carbocycles. The highest BCUT2D eigenvalue weighted by Gasteiger charge is 2.20. The van der Waals surface area contributed by atoms with E-state index in [0.29, 0.717) is 5.13 Å². The SMILES string of the molecule is CC(SC1=NCCS1)C(=O)Nc1nnc(-c2ccccc2)s1. The van der Waals surface area contributed by atoms with Crippen LogP contribution < -0.4 is 5.32 Å². The van der Waals surface area contributed by atoms with Crippen LogP contribution in [0.1, 0.15) is 6.92 Å². The molecule has 22 heavy (non-hydrogen) atoms. The number of hydrogen-bond donors (Lipinski definition) is 1. The highest BCUT2D eigenvalue weighted by molar-refractivity contribution is 8.39. The van der Waals surface area contributed by atoms with Gasteiger partial charge in [0.15, 0.2) is 0 Å². The van der Waals surface area contributed by atoms with Gasteiger partial charge in [0, 0.05) is 11.3 Å². The molecule has 1 aliphatic heterocycles. The van der Waals surface area contributed by atoms with Crippen LogP contribution >= 0.6 is 34.9 Å². The predicted molar refractivity (Wildman–Crippen MR) is 95.8 cm³/mol. The largest absolute Gasteiger partial charge is 0.300 e. The van der Waals surface area contributed by atoms with Gasteiger partial charge in [0.05, 0.1) is 11.8 Å². The van der Waals surface area contributed by atoms with Crippen molar-refractivity contribution < 1.29 is 4.79 Å². The first-order valence-electron chi connectivity index (χ1n) is 6.76. The number of anilines is 1. The van der Waals surface area contributed by atoms with Gasteiger partial charge in [-0.15, -0.1) is 10.2 Å². The third-order valence-electron chi connectivity index (χ3n) is 2.88. The Balaban J connectivity index is 1.61. The lowest BCUT2D eigenvalue weighted by atomic mass is 10.2. The lowest BCUT2D eigenvalue weighted by molar-refractivity contribution is -0.115. The van der Waals surface area contributed by atoms with Crippen LogP contribution in [0.3, 0.4) is 0 Å². The van der Waals surface area contributed by atoms with E-state index in [1.165, 1.54) is 23.1 Å². The van der Waals surface area contributed by atoms with E-state index in [2.05, 4.69) is 20.5 Å². The normalized spacial score (nSPS) is 15.4. The molecule has 3 rings (SSSR count). The number of nitrogens with zero attached hydrogens (tertiary/aromatic N) is 3. The molecule has 2 heterocycles. The number of aromatic nitrogens is 2. The van der Waals surface area contributed by atoms with Crippen molar-refractivity contribution in [2.24, 2.45) is 4.99 Å². The second-order valence-corrected chi connectivity index (χ2v) is 8.17. The number of amides is 1. The zero-order valence-electron chi connectivity index (χ0n) is 11.9. The first-order valence-corrected chi connectivity index (χ1v) is 9.44. The summed E-state index contributed by atoms with van der Waals surface area (Å²) in [6.45, 7) is 2.72. The third-order valence-corrected chi connectivity index (χ3v) is 6.07. The van der Waals surface area contributed by atoms with Gasteiger partial charge in [-0.1, -0.05) is 65.2 Å². The molecule has 1 aliphatic rings. The Hall–Kier alpha value is -1.38. The lowest BCUT2D eigenvalue weighted by Gasteiger charge is -2.09. The number of carbonyl (C=O) groups excluding carboxylic acids is 1. The minimum absolute atomic E-state index is 0.0732. The summed E-state index contributed by atoms with van der Waals surface area (Å²) in [4.78, 5) is 16.5. The maximum atomic E-state index is 12.2. The van der Waals surface area contributed by atoms with E-state index < -0.39 is 0 Å². The van der Waals surface area contributed by atoms with Gasteiger partial charge in [0.25, 0.3) is 0 Å². The van der Waals surface area contributed by atoms with Crippen molar-refractivity contribution in [3.63, 3.8) is 0 Å². The van der Waals surface area contributed by atoms with E-state index in [1.54, 1.807) is 11.8 Å². The summed E-state index contributed by atoms with van der Waals surface area (Å²) >= 11 is 4.57. The molecule has 114 valence electrons. The number of aliphatic imine (C=N–C) groups is 1. The number of hydrogen-bond acceptors (Lipinski definition) is 7. The molecule has 1 amide bonds. The van der Waals surface area contributed by atoms with Crippen LogP contribution in [-0.4, -0.2) is 38.0 Å². The molecule has 8 heteroatoms. The van der Waals surface area contributed by atoms with Crippen molar-refractivity contribution in [3.05, 3.63) is 30.3 Å². The Bertz CT molecular complexity index is 686. The smallest absolute Gasteiger partial charge is 0.239 e. The average Bonchev–Trinajstić information content (AvgIpc) is 3.20. The quantitative estimate of drug-likeness (QED) is 0.916. The van der Waals surface area contributed by atoms with Crippen molar-refractivity contribution in [2.75, 3.05) is 17.6 Å². The van der Waals surface area contributed by atoms with Gasteiger partial charge in [-0.25, -0.2) is 0 Å². The topological polar surface area (TPSA) is 67.2 Å². The molecule has 0 bridgehead atoms. The minimum atomic E-state index is -0.201. The molecule has 1 aromatic heterocycles. The number of thioether (sulfide) groups is 2. The van der Waals surface area contributed by atoms with E-state index in [0.717, 1.165) is 27.2 Å². The van der Waals surface area contributed by atoms with Gasteiger partial charge >= 0.3 is 0 Å². The maximum absolute atomic E-state index is 12.2. The molecule has 0 saturated carbocycles. The fraction of sp³-hybridized carbons (Fsp3) is 0.286. The summed E-state index contributed by atoms with van der Waals surface area (Å²) in [7, 11) is 0. The van der Waals surface area contributed by atoms with Gasteiger partial charge in [0.2, 0.25) is 11.0 Å².